The molecule has 1 aromatic carbocycles. The van der Waals surface area contributed by atoms with Crippen LogP contribution in [0.25, 0.3) is 16.9 Å². The molecule has 27 heavy (non-hydrogen) atoms. The number of hydrogen-bond acceptors (Lipinski definition) is 4. The predicted molar refractivity (Wildman–Crippen MR) is 101 cm³/mol. The molecule has 0 saturated heterocycles. The first-order valence-electron chi connectivity index (χ1n) is 8.51. The lowest BCUT2D eigenvalue weighted by Crippen LogP contribution is -2.26. The van der Waals surface area contributed by atoms with E-state index in [1.165, 1.54) is 0 Å². The first-order valence-corrected chi connectivity index (χ1v) is 8.51. The molecule has 4 aromatic rings. The van der Waals surface area contributed by atoms with Gasteiger partial charge in [0.05, 0.1) is 11.4 Å². The van der Waals surface area contributed by atoms with E-state index in [2.05, 4.69) is 20.3 Å². The van der Waals surface area contributed by atoms with Crippen LogP contribution in [0.4, 0.5) is 0 Å². The molecule has 1 N–H and O–H groups in total. The topological polar surface area (TPSA) is 79.7 Å². The van der Waals surface area contributed by atoms with E-state index in [1.807, 2.05) is 48.7 Å². The summed E-state index contributed by atoms with van der Waals surface area (Å²) in [7, 11) is 1.77. The van der Waals surface area contributed by atoms with Gasteiger partial charge in [0.25, 0.3) is 5.91 Å². The zero-order valence-electron chi connectivity index (χ0n) is 14.8. The molecular weight excluding hydrogens is 340 g/mol. The number of amides is 1. The van der Waals surface area contributed by atoms with Crippen LogP contribution in [0.2, 0.25) is 0 Å². The van der Waals surface area contributed by atoms with Gasteiger partial charge in [0, 0.05) is 43.9 Å². The van der Waals surface area contributed by atoms with Crippen molar-refractivity contribution >= 4 is 5.91 Å². The number of nitrogens with one attached hydrogen (secondary N) is 1. The molecule has 0 bridgehead atoms. The van der Waals surface area contributed by atoms with Crippen LogP contribution < -0.4 is 0 Å². The van der Waals surface area contributed by atoms with E-state index < -0.39 is 0 Å². The van der Waals surface area contributed by atoms with E-state index >= 15 is 0 Å². The quantitative estimate of drug-likeness (QED) is 0.595. The number of nitrogens with zero attached hydrogens (tertiary/aromatic N) is 5. The van der Waals surface area contributed by atoms with Gasteiger partial charge >= 0.3 is 0 Å². The Balaban J connectivity index is 1.44. The summed E-state index contributed by atoms with van der Waals surface area (Å²) in [6, 6.07) is 15.3. The Morgan fingerprint density at radius 1 is 1.11 bits per heavy atom. The number of H-pyrrole nitrogens is 1. The van der Waals surface area contributed by atoms with Crippen LogP contribution in [-0.4, -0.2) is 42.8 Å². The first kappa shape index (κ1) is 16.7. The average Bonchev–Trinajstić information content (AvgIpc) is 3.41. The second kappa shape index (κ2) is 7.25. The van der Waals surface area contributed by atoms with Gasteiger partial charge in [-0.05, 0) is 42.0 Å². The number of hydrogen-bond donors (Lipinski definition) is 1. The zero-order valence-corrected chi connectivity index (χ0v) is 14.8. The number of aromatic nitrogens is 5. The second-order valence-electron chi connectivity index (χ2n) is 6.18. The number of carbonyl (C=O) groups excluding carboxylic acids is 1. The third kappa shape index (κ3) is 3.62. The summed E-state index contributed by atoms with van der Waals surface area (Å²) < 4.78 is 1.80. The molecule has 0 fully saturated rings. The highest BCUT2D eigenvalue weighted by Crippen LogP contribution is 2.17. The fourth-order valence-corrected chi connectivity index (χ4v) is 2.83. The van der Waals surface area contributed by atoms with Crippen LogP contribution in [0.5, 0.6) is 0 Å². The standard InChI is InChI=1S/C20H18N6O/c1-25(14-15-3-5-17(6-4-15)26-12-2-9-22-26)20(27)19-13-18(23-24-19)16-7-10-21-11-8-16/h2-13H,14H2,1H3,(H,23,24). The molecule has 0 atom stereocenters. The number of aromatic amines is 1. The fourth-order valence-electron chi connectivity index (χ4n) is 2.83. The summed E-state index contributed by atoms with van der Waals surface area (Å²) >= 11 is 0. The maximum Gasteiger partial charge on any atom is 0.271 e. The molecule has 0 radical (unpaired) electrons. The molecule has 7 nitrogen and oxygen atoms in total. The van der Waals surface area contributed by atoms with Crippen LogP contribution in [0.3, 0.4) is 0 Å². The van der Waals surface area contributed by atoms with Crippen molar-refractivity contribution in [2.45, 2.75) is 6.54 Å². The Kier molecular flexibility index (Phi) is 4.49. The van der Waals surface area contributed by atoms with E-state index in [4.69, 9.17) is 0 Å². The van der Waals surface area contributed by atoms with Crippen molar-refractivity contribution in [3.8, 4) is 16.9 Å². The van der Waals surface area contributed by atoms with Crippen molar-refractivity contribution < 1.29 is 4.79 Å². The zero-order chi connectivity index (χ0) is 18.6. The van der Waals surface area contributed by atoms with Crippen molar-refractivity contribution in [2.75, 3.05) is 7.05 Å². The normalized spacial score (nSPS) is 10.7. The monoisotopic (exact) mass is 358 g/mol. The number of carbonyl (C=O) groups is 1. The minimum atomic E-state index is -0.112. The number of benzene rings is 1. The molecule has 0 aliphatic rings. The molecule has 1 amide bonds. The highest BCUT2D eigenvalue weighted by atomic mass is 16.2. The van der Waals surface area contributed by atoms with Gasteiger partial charge < -0.3 is 4.90 Å². The summed E-state index contributed by atoms with van der Waals surface area (Å²) in [5.41, 5.74) is 4.11. The Bertz CT molecular complexity index is 1020. The minimum Gasteiger partial charge on any atom is -0.336 e. The van der Waals surface area contributed by atoms with Crippen LogP contribution in [0, 0.1) is 0 Å². The molecule has 0 aliphatic carbocycles. The van der Waals surface area contributed by atoms with Crippen LogP contribution in [-0.2, 0) is 6.54 Å². The average molecular weight is 358 g/mol. The van der Waals surface area contributed by atoms with E-state index in [0.29, 0.717) is 12.2 Å². The van der Waals surface area contributed by atoms with E-state index in [1.54, 1.807) is 41.3 Å². The molecular formula is C20H18N6O. The fraction of sp³-hybridized carbons (Fsp3) is 0.100. The van der Waals surface area contributed by atoms with Crippen molar-refractivity contribution in [3.05, 3.63) is 84.6 Å². The minimum absolute atomic E-state index is 0.112. The summed E-state index contributed by atoms with van der Waals surface area (Å²) in [6.45, 7) is 0.502. The van der Waals surface area contributed by atoms with Gasteiger partial charge in [-0.25, -0.2) is 4.68 Å². The largest absolute Gasteiger partial charge is 0.336 e. The molecule has 4 rings (SSSR count). The predicted octanol–water partition coefficient (Wildman–Crippen LogP) is 2.93. The van der Waals surface area contributed by atoms with Crippen molar-refractivity contribution in [1.29, 1.82) is 0 Å². The third-order valence-electron chi connectivity index (χ3n) is 4.26. The maximum atomic E-state index is 12.7. The molecule has 134 valence electrons. The molecule has 0 aliphatic heterocycles. The van der Waals surface area contributed by atoms with Gasteiger partial charge in [-0.1, -0.05) is 12.1 Å². The summed E-state index contributed by atoms with van der Waals surface area (Å²) in [5, 5.41) is 11.3. The second-order valence-corrected chi connectivity index (χ2v) is 6.18. The first-order chi connectivity index (χ1) is 13.2. The van der Waals surface area contributed by atoms with Gasteiger partial charge in [0.15, 0.2) is 0 Å². The van der Waals surface area contributed by atoms with Gasteiger partial charge in [0.1, 0.15) is 5.69 Å². The van der Waals surface area contributed by atoms with E-state index in [9.17, 15) is 4.79 Å². The van der Waals surface area contributed by atoms with Crippen LogP contribution >= 0.6 is 0 Å². The van der Waals surface area contributed by atoms with Crippen LogP contribution in [0.1, 0.15) is 16.1 Å². The molecule has 0 unspecified atom stereocenters. The molecule has 0 saturated carbocycles. The Hall–Kier alpha value is -3.74. The summed E-state index contributed by atoms with van der Waals surface area (Å²) in [6.07, 6.45) is 7.03. The highest BCUT2D eigenvalue weighted by molar-refractivity contribution is 5.93. The lowest BCUT2D eigenvalue weighted by Gasteiger charge is -2.16. The lowest BCUT2D eigenvalue weighted by molar-refractivity contribution is 0.0779. The molecule has 7 heteroatoms. The summed E-state index contributed by atoms with van der Waals surface area (Å²) in [4.78, 5) is 18.3. The summed E-state index contributed by atoms with van der Waals surface area (Å²) in [5.74, 6) is -0.112. The SMILES string of the molecule is CN(Cc1ccc(-n2cccn2)cc1)C(=O)c1cc(-c2ccncc2)n[nH]1. The van der Waals surface area contributed by atoms with Crippen LogP contribution in [0.15, 0.2) is 73.3 Å². The number of rotatable bonds is 5. The number of pyridine rings is 1. The highest BCUT2D eigenvalue weighted by Gasteiger charge is 2.15. The van der Waals surface area contributed by atoms with Gasteiger partial charge in [-0.3, -0.25) is 14.9 Å². The molecule has 3 heterocycles. The van der Waals surface area contributed by atoms with Gasteiger partial charge in [0.2, 0.25) is 0 Å². The molecule has 0 spiro atoms. The smallest absolute Gasteiger partial charge is 0.271 e. The van der Waals surface area contributed by atoms with E-state index in [-0.39, 0.29) is 5.91 Å². The maximum absolute atomic E-state index is 12.7. The Morgan fingerprint density at radius 2 is 1.89 bits per heavy atom. The van der Waals surface area contributed by atoms with Crippen molar-refractivity contribution in [1.82, 2.24) is 29.9 Å². The van der Waals surface area contributed by atoms with Gasteiger partial charge in [-0.2, -0.15) is 10.2 Å². The Morgan fingerprint density at radius 3 is 2.59 bits per heavy atom. The van der Waals surface area contributed by atoms with Gasteiger partial charge in [-0.15, -0.1) is 0 Å². The van der Waals surface area contributed by atoms with Crippen molar-refractivity contribution in [3.63, 3.8) is 0 Å². The molecule has 3 aromatic heterocycles. The van der Waals surface area contributed by atoms with Crippen molar-refractivity contribution in [2.24, 2.45) is 0 Å². The Labute approximate surface area is 156 Å². The lowest BCUT2D eigenvalue weighted by atomic mass is 10.1. The van der Waals surface area contributed by atoms with E-state index in [0.717, 1.165) is 22.5 Å². The third-order valence-corrected chi connectivity index (χ3v) is 4.26.